The molecule has 1 unspecified atom stereocenters. The number of hydrogen-bond donors (Lipinski definition) is 1. The fraction of sp³-hybridized carbons (Fsp3) is 0.133. The third kappa shape index (κ3) is 4.53. The zero-order valence-electron chi connectivity index (χ0n) is 21.1. The van der Waals surface area contributed by atoms with Crippen molar-refractivity contribution in [3.63, 3.8) is 0 Å². The van der Waals surface area contributed by atoms with Crippen molar-refractivity contribution in [1.82, 2.24) is 0 Å². The van der Waals surface area contributed by atoms with Gasteiger partial charge in [0.15, 0.2) is 5.78 Å². The van der Waals surface area contributed by atoms with Gasteiger partial charge in [0.2, 0.25) is 0 Å². The minimum atomic E-state index is -1.00. The van der Waals surface area contributed by atoms with Crippen LogP contribution in [0, 0.1) is 18.3 Å². The molecule has 1 aliphatic heterocycles. The largest absolute Gasteiger partial charge is 0.466 e. The summed E-state index contributed by atoms with van der Waals surface area (Å²) in [6, 6.07) is 24.4. The Hall–Kier alpha value is -5.16. The molecular weight excluding hydrogens is 482 g/mol. The van der Waals surface area contributed by atoms with Gasteiger partial charge in [-0.2, -0.15) is 5.26 Å². The highest BCUT2D eigenvalue weighted by Gasteiger charge is 2.43. The Morgan fingerprint density at radius 1 is 0.868 bits per heavy atom. The molecule has 4 rings (SSSR count). The number of ketones is 1. The standard InChI is InChI=1S/C30H25N3O5/c1-18-13-15-20(16-14-18)27(34)21-11-7-8-12-23(21)33-26(30(36)38-3)25(29(35)37-2)24(22(17-31)28(33)32)19-9-5-4-6-10-19/h4-16,24H,32H2,1-3H3. The van der Waals surface area contributed by atoms with Gasteiger partial charge in [-0.1, -0.05) is 72.3 Å². The highest BCUT2D eigenvalue weighted by Crippen LogP contribution is 2.44. The molecule has 0 bridgehead atoms. The maximum atomic E-state index is 13.6. The highest BCUT2D eigenvalue weighted by molar-refractivity contribution is 6.14. The Kier molecular flexibility index (Phi) is 7.40. The fourth-order valence-electron chi connectivity index (χ4n) is 4.48. The Balaban J connectivity index is 2.04. The van der Waals surface area contributed by atoms with Crippen molar-refractivity contribution < 1.29 is 23.9 Å². The lowest BCUT2D eigenvalue weighted by Gasteiger charge is -2.36. The summed E-state index contributed by atoms with van der Waals surface area (Å²) < 4.78 is 10.1. The van der Waals surface area contributed by atoms with Gasteiger partial charge in [-0.05, 0) is 24.6 Å². The monoisotopic (exact) mass is 507 g/mol. The van der Waals surface area contributed by atoms with Crippen LogP contribution in [0.15, 0.2) is 102 Å². The topological polar surface area (TPSA) is 123 Å². The lowest BCUT2D eigenvalue weighted by molar-refractivity contribution is -0.139. The van der Waals surface area contributed by atoms with E-state index in [1.165, 1.54) is 19.1 Å². The zero-order chi connectivity index (χ0) is 27.4. The summed E-state index contributed by atoms with van der Waals surface area (Å²) in [5, 5.41) is 10.2. The van der Waals surface area contributed by atoms with Crippen LogP contribution >= 0.6 is 0 Å². The van der Waals surface area contributed by atoms with Gasteiger partial charge in [0.1, 0.15) is 11.5 Å². The van der Waals surface area contributed by atoms with E-state index in [1.54, 1.807) is 66.7 Å². The lowest BCUT2D eigenvalue weighted by Crippen LogP contribution is -2.41. The molecule has 2 N–H and O–H groups in total. The van der Waals surface area contributed by atoms with E-state index in [0.29, 0.717) is 11.1 Å². The van der Waals surface area contributed by atoms with E-state index in [-0.39, 0.29) is 39.7 Å². The number of nitrogens with zero attached hydrogens (tertiary/aromatic N) is 2. The first-order valence-corrected chi connectivity index (χ1v) is 11.7. The number of allylic oxidation sites excluding steroid dienone is 1. The first-order valence-electron chi connectivity index (χ1n) is 11.7. The molecule has 0 radical (unpaired) electrons. The first kappa shape index (κ1) is 25.9. The number of anilines is 1. The van der Waals surface area contributed by atoms with Crippen LogP contribution in [0.2, 0.25) is 0 Å². The second kappa shape index (κ2) is 10.8. The van der Waals surface area contributed by atoms with E-state index < -0.39 is 17.9 Å². The molecule has 8 heteroatoms. The SMILES string of the molecule is COC(=O)C1=C(C(=O)OC)N(c2ccccc2C(=O)c2ccc(C)cc2)C(N)=C(C#N)C1c1ccccc1. The first-order chi connectivity index (χ1) is 18.3. The number of carbonyl (C=O) groups excluding carboxylic acids is 3. The minimum Gasteiger partial charge on any atom is -0.466 e. The van der Waals surface area contributed by atoms with Crippen molar-refractivity contribution in [2.45, 2.75) is 12.8 Å². The maximum absolute atomic E-state index is 13.6. The Labute approximate surface area is 220 Å². The summed E-state index contributed by atoms with van der Waals surface area (Å²) in [7, 11) is 2.35. The molecule has 0 saturated carbocycles. The predicted molar refractivity (Wildman–Crippen MR) is 141 cm³/mol. The van der Waals surface area contributed by atoms with Gasteiger partial charge in [-0.3, -0.25) is 9.69 Å². The summed E-state index contributed by atoms with van der Waals surface area (Å²) >= 11 is 0. The number of rotatable bonds is 6. The molecule has 0 aromatic heterocycles. The summed E-state index contributed by atoms with van der Waals surface area (Å²) in [5.41, 5.74) is 8.60. The number of nitriles is 1. The number of para-hydroxylation sites is 1. The molecule has 190 valence electrons. The molecule has 3 aromatic carbocycles. The van der Waals surface area contributed by atoms with Crippen LogP contribution < -0.4 is 10.6 Å². The number of nitrogens with two attached hydrogens (primary N) is 1. The molecule has 38 heavy (non-hydrogen) atoms. The second-order valence-electron chi connectivity index (χ2n) is 8.55. The van der Waals surface area contributed by atoms with Crippen molar-refractivity contribution in [2.75, 3.05) is 19.1 Å². The van der Waals surface area contributed by atoms with E-state index >= 15 is 0 Å². The normalized spacial score (nSPS) is 15.1. The average molecular weight is 508 g/mol. The zero-order valence-corrected chi connectivity index (χ0v) is 21.1. The van der Waals surface area contributed by atoms with Gasteiger partial charge in [-0.25, -0.2) is 9.59 Å². The van der Waals surface area contributed by atoms with E-state index in [2.05, 4.69) is 6.07 Å². The molecule has 0 saturated heterocycles. The number of methoxy groups -OCH3 is 2. The van der Waals surface area contributed by atoms with Crippen molar-refractivity contribution >= 4 is 23.4 Å². The van der Waals surface area contributed by atoms with E-state index in [0.717, 1.165) is 5.56 Å². The number of benzene rings is 3. The predicted octanol–water partition coefficient (Wildman–Crippen LogP) is 4.12. The van der Waals surface area contributed by atoms with Crippen LogP contribution in [0.3, 0.4) is 0 Å². The molecule has 3 aromatic rings. The van der Waals surface area contributed by atoms with Gasteiger partial charge < -0.3 is 15.2 Å². The number of ether oxygens (including phenoxy) is 2. The molecule has 0 spiro atoms. The fourth-order valence-corrected chi connectivity index (χ4v) is 4.48. The van der Waals surface area contributed by atoms with Crippen LogP contribution in [0.1, 0.15) is 33.0 Å². The summed E-state index contributed by atoms with van der Waals surface area (Å²) in [6.45, 7) is 1.91. The summed E-state index contributed by atoms with van der Waals surface area (Å²) in [5.74, 6) is -3.17. The number of aryl methyl sites for hydroxylation is 1. The number of hydrogen-bond acceptors (Lipinski definition) is 8. The molecule has 0 fully saturated rings. The van der Waals surface area contributed by atoms with Crippen molar-refractivity contribution in [1.29, 1.82) is 5.26 Å². The van der Waals surface area contributed by atoms with Crippen molar-refractivity contribution in [2.24, 2.45) is 5.73 Å². The Morgan fingerprint density at radius 3 is 2.08 bits per heavy atom. The molecule has 1 aliphatic rings. The molecule has 8 nitrogen and oxygen atoms in total. The molecular formula is C30H25N3O5. The molecule has 0 amide bonds. The third-order valence-electron chi connectivity index (χ3n) is 6.31. The second-order valence-corrected chi connectivity index (χ2v) is 8.55. The van der Waals surface area contributed by atoms with Gasteiger partial charge in [-0.15, -0.1) is 0 Å². The van der Waals surface area contributed by atoms with Crippen LogP contribution in [-0.2, 0) is 19.1 Å². The van der Waals surface area contributed by atoms with Crippen molar-refractivity contribution in [3.05, 3.63) is 124 Å². The van der Waals surface area contributed by atoms with Crippen LogP contribution in [0.4, 0.5) is 5.69 Å². The van der Waals surface area contributed by atoms with Crippen molar-refractivity contribution in [3.8, 4) is 6.07 Å². The lowest BCUT2D eigenvalue weighted by atomic mass is 9.80. The van der Waals surface area contributed by atoms with Gasteiger partial charge >= 0.3 is 11.9 Å². The van der Waals surface area contributed by atoms with Crippen LogP contribution in [0.25, 0.3) is 0 Å². The number of carbonyl (C=O) groups is 3. The molecule has 0 aliphatic carbocycles. The average Bonchev–Trinajstić information content (AvgIpc) is 2.96. The van der Waals surface area contributed by atoms with E-state index in [9.17, 15) is 19.6 Å². The highest BCUT2D eigenvalue weighted by atomic mass is 16.5. The third-order valence-corrected chi connectivity index (χ3v) is 6.31. The number of esters is 2. The Morgan fingerprint density at radius 2 is 1.47 bits per heavy atom. The smallest absolute Gasteiger partial charge is 0.355 e. The van der Waals surface area contributed by atoms with Crippen LogP contribution in [0.5, 0.6) is 0 Å². The molecule has 1 atom stereocenters. The van der Waals surface area contributed by atoms with E-state index in [1.807, 2.05) is 19.1 Å². The van der Waals surface area contributed by atoms with Gasteiger partial charge in [0.05, 0.1) is 43.0 Å². The van der Waals surface area contributed by atoms with Gasteiger partial charge in [0.25, 0.3) is 0 Å². The quantitative estimate of drug-likeness (QED) is 0.390. The summed E-state index contributed by atoms with van der Waals surface area (Å²) in [4.78, 5) is 41.4. The van der Waals surface area contributed by atoms with E-state index in [4.69, 9.17) is 15.2 Å². The Bertz CT molecular complexity index is 1520. The minimum absolute atomic E-state index is 0.0156. The van der Waals surface area contributed by atoms with Crippen LogP contribution in [-0.4, -0.2) is 31.9 Å². The molecule has 1 heterocycles. The summed E-state index contributed by atoms with van der Waals surface area (Å²) in [6.07, 6.45) is 0. The maximum Gasteiger partial charge on any atom is 0.355 e. The van der Waals surface area contributed by atoms with Gasteiger partial charge in [0, 0.05) is 11.1 Å².